The third-order valence-corrected chi connectivity index (χ3v) is 17.4. The average Bonchev–Trinajstić information content (AvgIpc) is 3.81. The van der Waals surface area contributed by atoms with Crippen molar-refractivity contribution in [3.8, 4) is 33.4 Å². The normalized spacial score (nSPS) is 15.3. The van der Waals surface area contributed by atoms with E-state index in [0.717, 1.165) is 48.0 Å². The van der Waals surface area contributed by atoms with E-state index in [-0.39, 0.29) is 5.41 Å². The summed E-state index contributed by atoms with van der Waals surface area (Å²) in [5.41, 5.74) is 22.5. The summed E-state index contributed by atoms with van der Waals surface area (Å²) < 4.78 is 6.55. The molecule has 12 rings (SSSR count). The lowest BCUT2D eigenvalue weighted by molar-refractivity contribution is 0.660. The molecule has 0 N–H and O–H groups in total. The Balaban J connectivity index is 1.24. The Morgan fingerprint density at radius 2 is 1.38 bits per heavy atom. The van der Waals surface area contributed by atoms with Crippen LogP contribution in [0.4, 0.5) is 28.4 Å². The molecule has 1 aliphatic carbocycles. The second-order valence-electron chi connectivity index (χ2n) is 18.7. The van der Waals surface area contributed by atoms with Gasteiger partial charge in [0, 0.05) is 48.4 Å². The molecule has 9 aromatic rings. The highest BCUT2D eigenvalue weighted by Crippen LogP contribution is 2.70. The Kier molecular flexibility index (Phi) is 8.53. The van der Waals surface area contributed by atoms with Crippen LogP contribution in [-0.4, -0.2) is 20.4 Å². The largest absolute Gasteiger partial charge is 0.456 e. The summed E-state index contributed by atoms with van der Waals surface area (Å²) in [6, 6.07) is 59.5. The molecule has 0 amide bonds. The maximum Gasteiger partial charge on any atom is 0.143 e. The Hall–Kier alpha value is -6.43. The molecule has 0 atom stereocenters. The lowest BCUT2D eigenvalue weighted by Crippen LogP contribution is -2.30. The molecule has 0 bridgehead atoms. The van der Waals surface area contributed by atoms with E-state index >= 15 is 0 Å². The molecule has 5 heteroatoms. The molecule has 3 heterocycles. The zero-order chi connectivity index (χ0) is 42.8. The number of rotatable bonds is 7. The SMILES string of the molecule is Bc1c(N(c2ccc(CCCC)cc2-c2ccccc2)c2cc3c(c4c2CN2c5ccccc5S(C)(C)c5cccc-4c52)-c2ccccc2C3(C)C)ccc2oc3ccccc3c12. The lowest BCUT2D eigenvalue weighted by atomic mass is 9.79. The van der Waals surface area contributed by atoms with Gasteiger partial charge in [0.15, 0.2) is 0 Å². The van der Waals surface area contributed by atoms with E-state index in [9.17, 15) is 0 Å². The molecule has 308 valence electrons. The van der Waals surface area contributed by atoms with E-state index in [4.69, 9.17) is 4.42 Å². The number of fused-ring (bicyclic) bond motifs is 11. The van der Waals surface area contributed by atoms with E-state index in [1.54, 1.807) is 0 Å². The van der Waals surface area contributed by atoms with Crippen LogP contribution in [0.5, 0.6) is 0 Å². The summed E-state index contributed by atoms with van der Waals surface area (Å²) in [7, 11) is 1.01. The quantitative estimate of drug-likeness (QED) is 0.149. The molecular weight excluding hydrogens is 784 g/mol. The monoisotopic (exact) mass is 834 g/mol. The van der Waals surface area contributed by atoms with Gasteiger partial charge in [0.2, 0.25) is 0 Å². The molecule has 0 saturated heterocycles. The molecular formula is C58H51BN2OS. The van der Waals surface area contributed by atoms with Crippen molar-refractivity contribution >= 4 is 73.7 Å². The maximum absolute atomic E-state index is 6.55. The highest BCUT2D eigenvalue weighted by molar-refractivity contribution is 8.33. The van der Waals surface area contributed by atoms with Gasteiger partial charge in [-0.25, -0.2) is 0 Å². The van der Waals surface area contributed by atoms with Crippen molar-refractivity contribution in [2.24, 2.45) is 0 Å². The van der Waals surface area contributed by atoms with Crippen molar-refractivity contribution in [2.75, 3.05) is 22.3 Å². The first kappa shape index (κ1) is 38.3. The highest BCUT2D eigenvalue weighted by atomic mass is 32.3. The van der Waals surface area contributed by atoms with Crippen LogP contribution in [-0.2, 0) is 18.4 Å². The van der Waals surface area contributed by atoms with Crippen LogP contribution in [0.1, 0.15) is 55.9 Å². The smallest absolute Gasteiger partial charge is 0.143 e. The maximum atomic E-state index is 6.55. The number of unbranched alkanes of at least 4 members (excludes halogenated alkanes) is 1. The van der Waals surface area contributed by atoms with E-state index in [2.05, 4.69) is 209 Å². The minimum Gasteiger partial charge on any atom is -0.456 e. The van der Waals surface area contributed by atoms with E-state index in [1.807, 2.05) is 0 Å². The predicted octanol–water partition coefficient (Wildman–Crippen LogP) is 14.7. The Bertz CT molecular complexity index is 3340. The van der Waals surface area contributed by atoms with Crippen LogP contribution < -0.4 is 15.3 Å². The molecule has 1 aromatic heterocycles. The Morgan fingerprint density at radius 3 is 2.24 bits per heavy atom. The first-order valence-corrected chi connectivity index (χ1v) is 25.0. The van der Waals surface area contributed by atoms with Gasteiger partial charge < -0.3 is 14.2 Å². The minimum atomic E-state index is -1.29. The van der Waals surface area contributed by atoms with Gasteiger partial charge in [0.25, 0.3) is 0 Å². The number of anilines is 5. The number of hydrogen-bond donors (Lipinski definition) is 0. The van der Waals surface area contributed by atoms with Crippen LogP contribution in [0, 0.1) is 0 Å². The number of para-hydroxylation sites is 3. The molecule has 0 fully saturated rings. The minimum absolute atomic E-state index is 0.226. The van der Waals surface area contributed by atoms with Gasteiger partial charge in [0.05, 0.1) is 29.3 Å². The Labute approximate surface area is 373 Å². The summed E-state index contributed by atoms with van der Waals surface area (Å²) in [5.74, 6) is 0. The molecule has 0 saturated carbocycles. The van der Waals surface area contributed by atoms with Crippen LogP contribution >= 0.6 is 10.0 Å². The second-order valence-corrected chi connectivity index (χ2v) is 22.2. The molecule has 3 nitrogen and oxygen atoms in total. The summed E-state index contributed by atoms with van der Waals surface area (Å²) in [6.45, 7) is 7.90. The van der Waals surface area contributed by atoms with E-state index in [1.165, 1.54) is 99.0 Å². The molecule has 0 spiro atoms. The van der Waals surface area contributed by atoms with Gasteiger partial charge in [0.1, 0.15) is 19.0 Å². The first-order valence-electron chi connectivity index (χ1n) is 22.6. The Morgan fingerprint density at radius 1 is 0.651 bits per heavy atom. The fourth-order valence-electron chi connectivity index (χ4n) is 11.4. The van der Waals surface area contributed by atoms with Crippen LogP contribution in [0.15, 0.2) is 172 Å². The lowest BCUT2D eigenvalue weighted by Gasteiger charge is -2.48. The summed E-state index contributed by atoms with van der Waals surface area (Å²) in [6.07, 6.45) is 8.35. The highest BCUT2D eigenvalue weighted by Gasteiger charge is 2.44. The van der Waals surface area contributed by atoms with Crippen LogP contribution in [0.3, 0.4) is 0 Å². The number of hydrogen-bond acceptors (Lipinski definition) is 3. The van der Waals surface area contributed by atoms with Gasteiger partial charge in [-0.1, -0.05) is 136 Å². The van der Waals surface area contributed by atoms with Gasteiger partial charge >= 0.3 is 0 Å². The van der Waals surface area contributed by atoms with Gasteiger partial charge in [-0.2, -0.15) is 10.0 Å². The summed E-state index contributed by atoms with van der Waals surface area (Å²) in [4.78, 5) is 8.21. The summed E-state index contributed by atoms with van der Waals surface area (Å²) >= 11 is 0. The zero-order valence-electron chi connectivity index (χ0n) is 37.1. The number of furan rings is 1. The summed E-state index contributed by atoms with van der Waals surface area (Å²) in [5, 5.41) is 2.32. The molecule has 63 heavy (non-hydrogen) atoms. The fraction of sp³-hybridized carbons (Fsp3) is 0.172. The van der Waals surface area contributed by atoms with E-state index < -0.39 is 10.0 Å². The topological polar surface area (TPSA) is 19.6 Å². The zero-order valence-corrected chi connectivity index (χ0v) is 37.9. The molecule has 0 unspecified atom stereocenters. The van der Waals surface area contributed by atoms with Gasteiger partial charge in [-0.3, -0.25) is 0 Å². The fourth-order valence-corrected chi connectivity index (χ4v) is 13.9. The van der Waals surface area contributed by atoms with E-state index in [0.29, 0.717) is 0 Å². The first-order chi connectivity index (χ1) is 30.7. The number of aryl methyl sites for hydroxylation is 1. The van der Waals surface area contributed by atoms with Crippen molar-refractivity contribution in [1.82, 2.24) is 0 Å². The standard InChI is InChI=1S/C58H51BN2OS/c1-6-7-18-36-29-30-45(41(33-36)37-19-9-8-10-20-37)61(47-31-32-50-55(56(47)59)39-22-12-15-26-49(39)62-50)48-34-44-54(38-21-11-13-24-43(38)58(44,2)3)53-40-23-17-28-52-57(40)60(35-42(48)53)46-25-14-16-27-51(46)63(52,4)5/h8-17,19-34H,6-7,18,35,59H2,1-5H3. The molecule has 0 radical (unpaired) electrons. The number of nitrogens with zero attached hydrogens (tertiary/aromatic N) is 2. The van der Waals surface area contributed by atoms with Crippen molar-refractivity contribution in [3.05, 3.63) is 180 Å². The number of benzene rings is 8. The van der Waals surface area contributed by atoms with Crippen LogP contribution in [0.2, 0.25) is 0 Å². The van der Waals surface area contributed by atoms with Crippen LogP contribution in [0.25, 0.3) is 55.3 Å². The van der Waals surface area contributed by atoms with Crippen molar-refractivity contribution in [3.63, 3.8) is 0 Å². The van der Waals surface area contributed by atoms with Gasteiger partial charge in [-0.05, 0) is 119 Å². The van der Waals surface area contributed by atoms with Crippen molar-refractivity contribution in [2.45, 2.75) is 61.8 Å². The predicted molar refractivity (Wildman–Crippen MR) is 272 cm³/mol. The van der Waals surface area contributed by atoms with Gasteiger partial charge in [-0.15, -0.1) is 0 Å². The molecule has 8 aromatic carbocycles. The average molecular weight is 835 g/mol. The third kappa shape index (κ3) is 5.48. The third-order valence-electron chi connectivity index (χ3n) is 14.5. The second kappa shape index (κ2) is 14.0. The van der Waals surface area contributed by atoms with Crippen molar-refractivity contribution < 1.29 is 4.42 Å². The molecule has 3 aliphatic rings. The van der Waals surface area contributed by atoms with Crippen molar-refractivity contribution in [1.29, 1.82) is 0 Å². The molecule has 2 aliphatic heterocycles.